The lowest BCUT2D eigenvalue weighted by Crippen LogP contribution is -2.41. The van der Waals surface area contributed by atoms with Crippen molar-refractivity contribution in [3.8, 4) is 0 Å². The molecule has 0 atom stereocenters. The fraction of sp³-hybridized carbons (Fsp3) is 0.667. The van der Waals surface area contributed by atoms with Gasteiger partial charge in [0.15, 0.2) is 5.03 Å². The van der Waals surface area contributed by atoms with Gasteiger partial charge in [0.2, 0.25) is 0 Å². The monoisotopic (exact) mass is 285 g/mol. The highest BCUT2D eigenvalue weighted by molar-refractivity contribution is 7.89. The van der Waals surface area contributed by atoms with E-state index in [0.717, 1.165) is 6.07 Å². The number of nitrogens with one attached hydrogen (secondary N) is 1. The molecule has 104 valence electrons. The average molecular weight is 285 g/mol. The first-order valence-electron chi connectivity index (χ1n) is 5.19. The molecule has 0 saturated carbocycles. The maximum Gasteiger partial charge on any atom is 0.402 e. The van der Waals surface area contributed by atoms with Crippen molar-refractivity contribution in [3.05, 3.63) is 12.3 Å². The van der Waals surface area contributed by atoms with Crippen molar-refractivity contribution < 1.29 is 21.6 Å². The van der Waals surface area contributed by atoms with Crippen LogP contribution in [0.3, 0.4) is 0 Å². The van der Waals surface area contributed by atoms with E-state index in [2.05, 4.69) is 10.2 Å². The molecule has 1 N–H and O–H groups in total. The van der Waals surface area contributed by atoms with Gasteiger partial charge in [-0.3, -0.25) is 5.10 Å². The SMILES string of the molecule is CC(C)CN(CC(F)(F)F)S(=O)(=O)c1ccn[nH]1. The minimum Gasteiger partial charge on any atom is -0.266 e. The van der Waals surface area contributed by atoms with Crippen LogP contribution in [0, 0.1) is 5.92 Å². The maximum absolute atomic E-state index is 12.4. The highest BCUT2D eigenvalue weighted by Crippen LogP contribution is 2.22. The molecule has 5 nitrogen and oxygen atoms in total. The lowest BCUT2D eigenvalue weighted by Gasteiger charge is -2.24. The number of hydrogen-bond acceptors (Lipinski definition) is 3. The van der Waals surface area contributed by atoms with Crippen molar-refractivity contribution in [3.63, 3.8) is 0 Å². The van der Waals surface area contributed by atoms with E-state index in [0.29, 0.717) is 4.31 Å². The van der Waals surface area contributed by atoms with Crippen molar-refractivity contribution in [2.75, 3.05) is 13.1 Å². The number of H-pyrrole nitrogens is 1. The molecule has 0 aliphatic rings. The molecule has 0 saturated heterocycles. The number of sulfonamides is 1. The first-order valence-corrected chi connectivity index (χ1v) is 6.63. The number of halogens is 3. The molecule has 0 amide bonds. The van der Waals surface area contributed by atoms with E-state index in [4.69, 9.17) is 0 Å². The van der Waals surface area contributed by atoms with Crippen LogP contribution in [0.15, 0.2) is 17.3 Å². The Morgan fingerprint density at radius 3 is 2.44 bits per heavy atom. The zero-order valence-corrected chi connectivity index (χ0v) is 10.7. The summed E-state index contributed by atoms with van der Waals surface area (Å²) in [4.78, 5) is 0. The molecular weight excluding hydrogens is 271 g/mol. The predicted octanol–water partition coefficient (Wildman–Crippen LogP) is 1.62. The Hall–Kier alpha value is -1.09. The molecule has 9 heteroatoms. The van der Waals surface area contributed by atoms with Crippen LogP contribution in [0.4, 0.5) is 13.2 Å². The summed E-state index contributed by atoms with van der Waals surface area (Å²) >= 11 is 0. The molecule has 1 aromatic rings. The van der Waals surface area contributed by atoms with Gasteiger partial charge in [-0.05, 0) is 12.0 Å². The van der Waals surface area contributed by atoms with Crippen LogP contribution in [-0.4, -0.2) is 42.2 Å². The van der Waals surface area contributed by atoms with Crippen LogP contribution in [-0.2, 0) is 10.0 Å². The molecule has 0 bridgehead atoms. The lowest BCUT2D eigenvalue weighted by atomic mass is 10.2. The Balaban J connectivity index is 3.03. The van der Waals surface area contributed by atoms with E-state index >= 15 is 0 Å². The second-order valence-corrected chi connectivity index (χ2v) is 6.13. The van der Waals surface area contributed by atoms with Gasteiger partial charge in [0.05, 0.1) is 6.20 Å². The quantitative estimate of drug-likeness (QED) is 0.894. The second kappa shape index (κ2) is 5.27. The molecule has 1 heterocycles. The molecule has 0 aliphatic heterocycles. The van der Waals surface area contributed by atoms with Gasteiger partial charge >= 0.3 is 6.18 Å². The third kappa shape index (κ3) is 3.98. The van der Waals surface area contributed by atoms with E-state index in [1.54, 1.807) is 13.8 Å². The van der Waals surface area contributed by atoms with Gasteiger partial charge in [0.1, 0.15) is 6.54 Å². The zero-order valence-electron chi connectivity index (χ0n) is 9.90. The summed E-state index contributed by atoms with van der Waals surface area (Å²) in [6.45, 7) is 1.57. The normalized spacial score (nSPS) is 13.5. The Bertz CT molecular complexity index is 468. The summed E-state index contributed by atoms with van der Waals surface area (Å²) < 4.78 is 61.5. The van der Waals surface area contributed by atoms with Crippen molar-refractivity contribution in [2.24, 2.45) is 5.92 Å². The molecule has 0 radical (unpaired) electrons. The van der Waals surface area contributed by atoms with E-state index < -0.39 is 22.7 Å². The molecule has 0 unspecified atom stereocenters. The van der Waals surface area contributed by atoms with Gasteiger partial charge in [-0.1, -0.05) is 13.8 Å². The number of nitrogens with zero attached hydrogens (tertiary/aromatic N) is 2. The van der Waals surface area contributed by atoms with Gasteiger partial charge in [-0.15, -0.1) is 0 Å². The summed E-state index contributed by atoms with van der Waals surface area (Å²) in [5, 5.41) is 5.26. The lowest BCUT2D eigenvalue weighted by molar-refractivity contribution is -0.136. The fourth-order valence-electron chi connectivity index (χ4n) is 1.38. The van der Waals surface area contributed by atoms with Gasteiger partial charge in [-0.2, -0.15) is 22.6 Å². The topological polar surface area (TPSA) is 66.1 Å². The number of aromatic nitrogens is 2. The third-order valence-corrected chi connectivity index (χ3v) is 3.76. The molecular formula is C9H14F3N3O2S. The number of hydrogen-bond donors (Lipinski definition) is 1. The van der Waals surface area contributed by atoms with Crippen LogP contribution < -0.4 is 0 Å². The summed E-state index contributed by atoms with van der Waals surface area (Å²) in [6, 6.07) is 1.12. The van der Waals surface area contributed by atoms with E-state index in [1.807, 2.05) is 0 Å². The van der Waals surface area contributed by atoms with Crippen molar-refractivity contribution in [1.29, 1.82) is 0 Å². The maximum atomic E-state index is 12.4. The van der Waals surface area contributed by atoms with Crippen LogP contribution in [0.5, 0.6) is 0 Å². The molecule has 1 aromatic heterocycles. The number of alkyl halides is 3. The van der Waals surface area contributed by atoms with E-state index in [1.165, 1.54) is 6.20 Å². The van der Waals surface area contributed by atoms with Crippen LogP contribution in [0.25, 0.3) is 0 Å². The van der Waals surface area contributed by atoms with Crippen molar-refractivity contribution in [2.45, 2.75) is 25.0 Å². The summed E-state index contributed by atoms with van der Waals surface area (Å²) in [5.41, 5.74) is 0. The van der Waals surface area contributed by atoms with Gasteiger partial charge in [-0.25, -0.2) is 8.42 Å². The Labute approximate surface area is 103 Å². The largest absolute Gasteiger partial charge is 0.402 e. The highest BCUT2D eigenvalue weighted by atomic mass is 32.2. The molecule has 0 aromatic carbocycles. The van der Waals surface area contributed by atoms with Crippen LogP contribution in [0.1, 0.15) is 13.8 Å². The molecule has 0 fully saturated rings. The van der Waals surface area contributed by atoms with Crippen LogP contribution in [0.2, 0.25) is 0 Å². The summed E-state index contributed by atoms with van der Waals surface area (Å²) in [5.74, 6) is -0.218. The van der Waals surface area contributed by atoms with Crippen molar-refractivity contribution >= 4 is 10.0 Å². The van der Waals surface area contributed by atoms with Gasteiger partial charge in [0.25, 0.3) is 10.0 Å². The Kier molecular flexibility index (Phi) is 4.38. The molecule has 1 rings (SSSR count). The average Bonchev–Trinajstić information content (AvgIpc) is 2.66. The zero-order chi connectivity index (χ0) is 14.0. The summed E-state index contributed by atoms with van der Waals surface area (Å²) in [6.07, 6.45) is -3.41. The van der Waals surface area contributed by atoms with Gasteiger partial charge < -0.3 is 0 Å². The Morgan fingerprint density at radius 2 is 2.06 bits per heavy atom. The third-order valence-electron chi connectivity index (χ3n) is 2.02. The fourth-order valence-corrected chi connectivity index (χ4v) is 2.87. The number of rotatable bonds is 5. The van der Waals surface area contributed by atoms with Gasteiger partial charge in [0, 0.05) is 6.54 Å². The van der Waals surface area contributed by atoms with Crippen molar-refractivity contribution in [1.82, 2.24) is 14.5 Å². The Morgan fingerprint density at radius 1 is 1.44 bits per heavy atom. The first kappa shape index (κ1) is 15.0. The molecule has 0 aliphatic carbocycles. The minimum atomic E-state index is -4.58. The first-order chi connectivity index (χ1) is 8.13. The van der Waals surface area contributed by atoms with E-state index in [-0.39, 0.29) is 17.5 Å². The summed E-state index contributed by atoms with van der Waals surface area (Å²) in [7, 11) is -4.19. The minimum absolute atomic E-state index is 0.207. The smallest absolute Gasteiger partial charge is 0.266 e. The highest BCUT2D eigenvalue weighted by Gasteiger charge is 2.37. The number of aromatic amines is 1. The second-order valence-electron chi connectivity index (χ2n) is 4.23. The van der Waals surface area contributed by atoms with E-state index in [9.17, 15) is 21.6 Å². The van der Waals surface area contributed by atoms with Crippen LogP contribution >= 0.6 is 0 Å². The standard InChI is InChI=1S/C9H14F3N3O2S/c1-7(2)5-15(6-9(10,11)12)18(16,17)8-3-4-13-14-8/h3-4,7H,5-6H2,1-2H3,(H,13,14). The molecule has 0 spiro atoms. The predicted molar refractivity (Wildman–Crippen MR) is 58.2 cm³/mol. The molecule has 18 heavy (non-hydrogen) atoms.